The van der Waals surface area contributed by atoms with Gasteiger partial charge < -0.3 is 4.42 Å². The van der Waals surface area contributed by atoms with Crippen LogP contribution in [0, 0.1) is 6.92 Å². The number of carbonyl (C=O) groups is 1. The topological polar surface area (TPSA) is 30.2 Å². The van der Waals surface area contributed by atoms with E-state index in [0.29, 0.717) is 5.57 Å². The summed E-state index contributed by atoms with van der Waals surface area (Å²) in [6.45, 7) is 5.34. The van der Waals surface area contributed by atoms with Crippen molar-refractivity contribution in [3.63, 3.8) is 0 Å². The molecule has 1 aromatic rings. The molecule has 0 unspecified atom stereocenters. The fourth-order valence-electron chi connectivity index (χ4n) is 0.782. The maximum atomic E-state index is 10.2. The minimum atomic E-state index is 0.464. The summed E-state index contributed by atoms with van der Waals surface area (Å²) < 4.78 is 4.97. The Morgan fingerprint density at radius 2 is 2.50 bits per heavy atom. The van der Waals surface area contributed by atoms with E-state index in [1.165, 1.54) is 0 Å². The minimum Gasteiger partial charge on any atom is -0.469 e. The SMILES string of the molecule is C=C(C=O)c1ccoc1C. The molecule has 0 amide bonds. The Morgan fingerprint density at radius 3 is 2.90 bits per heavy atom. The summed E-state index contributed by atoms with van der Waals surface area (Å²) in [7, 11) is 0. The van der Waals surface area contributed by atoms with Crippen LogP contribution in [-0.4, -0.2) is 6.29 Å². The molecule has 1 aromatic heterocycles. The lowest BCUT2D eigenvalue weighted by molar-refractivity contribution is -0.103. The van der Waals surface area contributed by atoms with Crippen LogP contribution in [0.15, 0.2) is 23.3 Å². The average molecular weight is 136 g/mol. The third-order valence-electron chi connectivity index (χ3n) is 1.35. The maximum absolute atomic E-state index is 10.2. The highest BCUT2D eigenvalue weighted by atomic mass is 16.3. The van der Waals surface area contributed by atoms with Crippen molar-refractivity contribution in [2.24, 2.45) is 0 Å². The first-order valence-corrected chi connectivity index (χ1v) is 2.94. The zero-order valence-electron chi connectivity index (χ0n) is 5.76. The Hall–Kier alpha value is -1.31. The van der Waals surface area contributed by atoms with Gasteiger partial charge in [-0.05, 0) is 13.0 Å². The van der Waals surface area contributed by atoms with Crippen molar-refractivity contribution in [1.82, 2.24) is 0 Å². The summed E-state index contributed by atoms with van der Waals surface area (Å²) in [6.07, 6.45) is 2.26. The second-order valence-corrected chi connectivity index (χ2v) is 2.03. The van der Waals surface area contributed by atoms with E-state index in [4.69, 9.17) is 4.42 Å². The van der Waals surface area contributed by atoms with Crippen LogP contribution in [0.2, 0.25) is 0 Å². The molecule has 0 aliphatic carbocycles. The molecule has 1 heterocycles. The minimum absolute atomic E-state index is 0.464. The summed E-state index contributed by atoms with van der Waals surface area (Å²) in [5.74, 6) is 0.733. The van der Waals surface area contributed by atoms with Crippen LogP contribution >= 0.6 is 0 Å². The van der Waals surface area contributed by atoms with Gasteiger partial charge in [0, 0.05) is 11.1 Å². The zero-order chi connectivity index (χ0) is 7.56. The zero-order valence-corrected chi connectivity index (χ0v) is 5.76. The third kappa shape index (κ3) is 1.00. The van der Waals surface area contributed by atoms with Gasteiger partial charge in [-0.2, -0.15) is 0 Å². The van der Waals surface area contributed by atoms with Gasteiger partial charge in [0.1, 0.15) is 12.0 Å². The summed E-state index contributed by atoms with van der Waals surface area (Å²) in [6, 6.07) is 1.73. The Kier molecular flexibility index (Phi) is 1.71. The molecule has 0 spiro atoms. The molecule has 0 aliphatic rings. The summed E-state index contributed by atoms with van der Waals surface area (Å²) in [5.41, 5.74) is 1.25. The van der Waals surface area contributed by atoms with Crippen molar-refractivity contribution in [2.45, 2.75) is 6.92 Å². The fraction of sp³-hybridized carbons (Fsp3) is 0.125. The number of aryl methyl sites for hydroxylation is 1. The van der Waals surface area contributed by atoms with E-state index in [-0.39, 0.29) is 0 Å². The number of hydrogen-bond donors (Lipinski definition) is 0. The molecule has 0 bridgehead atoms. The van der Waals surface area contributed by atoms with Crippen molar-refractivity contribution in [3.8, 4) is 0 Å². The lowest BCUT2D eigenvalue weighted by Gasteiger charge is -1.91. The van der Waals surface area contributed by atoms with Crippen molar-refractivity contribution in [3.05, 3.63) is 30.2 Å². The Labute approximate surface area is 59.2 Å². The van der Waals surface area contributed by atoms with Gasteiger partial charge in [0.2, 0.25) is 0 Å². The molecular weight excluding hydrogens is 128 g/mol. The first kappa shape index (κ1) is 6.81. The van der Waals surface area contributed by atoms with Crippen molar-refractivity contribution in [2.75, 3.05) is 0 Å². The monoisotopic (exact) mass is 136 g/mol. The number of furan rings is 1. The van der Waals surface area contributed by atoms with Crippen LogP contribution in [0.25, 0.3) is 5.57 Å². The molecule has 0 aromatic carbocycles. The number of hydrogen-bond acceptors (Lipinski definition) is 2. The normalized spacial score (nSPS) is 9.30. The molecule has 0 aliphatic heterocycles. The van der Waals surface area contributed by atoms with Gasteiger partial charge in [-0.15, -0.1) is 0 Å². The van der Waals surface area contributed by atoms with Gasteiger partial charge >= 0.3 is 0 Å². The second-order valence-electron chi connectivity index (χ2n) is 2.03. The molecular formula is C8H8O2. The molecule has 2 nitrogen and oxygen atoms in total. The highest BCUT2D eigenvalue weighted by Crippen LogP contribution is 2.15. The largest absolute Gasteiger partial charge is 0.469 e. The van der Waals surface area contributed by atoms with Gasteiger partial charge in [0.05, 0.1) is 6.26 Å². The standard InChI is InChI=1S/C8H8O2/c1-6(5-9)8-3-4-10-7(8)2/h3-5H,1H2,2H3. The molecule has 52 valence electrons. The van der Waals surface area contributed by atoms with Crippen molar-refractivity contribution >= 4 is 11.9 Å². The molecule has 1 rings (SSSR count). The van der Waals surface area contributed by atoms with E-state index in [0.717, 1.165) is 17.6 Å². The summed E-state index contributed by atoms with van der Waals surface area (Å²) >= 11 is 0. The maximum Gasteiger partial charge on any atom is 0.150 e. The van der Waals surface area contributed by atoms with Gasteiger partial charge in [-0.1, -0.05) is 6.58 Å². The quantitative estimate of drug-likeness (QED) is 0.458. The highest BCUT2D eigenvalue weighted by Gasteiger charge is 2.02. The summed E-state index contributed by atoms with van der Waals surface area (Å²) in [5, 5.41) is 0. The van der Waals surface area contributed by atoms with Gasteiger partial charge in [-0.25, -0.2) is 0 Å². The highest BCUT2D eigenvalue weighted by molar-refractivity contribution is 6.06. The average Bonchev–Trinajstić information content (AvgIpc) is 2.34. The van der Waals surface area contributed by atoms with Crippen molar-refractivity contribution in [1.29, 1.82) is 0 Å². The molecule has 0 atom stereocenters. The Bertz CT molecular complexity index is 258. The Balaban J connectivity index is 3.04. The van der Waals surface area contributed by atoms with Crippen LogP contribution in [0.1, 0.15) is 11.3 Å². The fourth-order valence-corrected chi connectivity index (χ4v) is 0.782. The molecule has 0 N–H and O–H groups in total. The van der Waals surface area contributed by atoms with Crippen LogP contribution < -0.4 is 0 Å². The van der Waals surface area contributed by atoms with Crippen LogP contribution in [-0.2, 0) is 4.79 Å². The van der Waals surface area contributed by atoms with Gasteiger partial charge in [0.25, 0.3) is 0 Å². The van der Waals surface area contributed by atoms with E-state index in [9.17, 15) is 4.79 Å². The molecule has 10 heavy (non-hydrogen) atoms. The smallest absolute Gasteiger partial charge is 0.150 e. The first-order valence-electron chi connectivity index (χ1n) is 2.94. The predicted molar refractivity (Wildman–Crippen MR) is 38.5 cm³/mol. The van der Waals surface area contributed by atoms with E-state index >= 15 is 0 Å². The molecule has 2 heteroatoms. The lowest BCUT2D eigenvalue weighted by Crippen LogP contribution is -1.81. The first-order chi connectivity index (χ1) is 4.75. The van der Waals surface area contributed by atoms with Crippen LogP contribution in [0.5, 0.6) is 0 Å². The Morgan fingerprint density at radius 1 is 1.80 bits per heavy atom. The predicted octanol–water partition coefficient (Wildman–Crippen LogP) is 1.80. The van der Waals surface area contributed by atoms with Gasteiger partial charge in [-0.3, -0.25) is 4.79 Å². The van der Waals surface area contributed by atoms with Crippen LogP contribution in [0.4, 0.5) is 0 Å². The molecule has 0 saturated heterocycles. The van der Waals surface area contributed by atoms with Crippen LogP contribution in [0.3, 0.4) is 0 Å². The number of rotatable bonds is 2. The third-order valence-corrected chi connectivity index (χ3v) is 1.35. The number of aldehydes is 1. The molecule has 0 saturated carbocycles. The molecule has 0 radical (unpaired) electrons. The second kappa shape index (κ2) is 2.52. The molecule has 0 fully saturated rings. The number of carbonyl (C=O) groups excluding carboxylic acids is 1. The van der Waals surface area contributed by atoms with E-state index in [2.05, 4.69) is 6.58 Å². The number of allylic oxidation sites excluding steroid dienone is 1. The van der Waals surface area contributed by atoms with E-state index in [1.54, 1.807) is 19.3 Å². The lowest BCUT2D eigenvalue weighted by atomic mass is 10.1. The summed E-state index contributed by atoms with van der Waals surface area (Å²) in [4.78, 5) is 10.2. The van der Waals surface area contributed by atoms with E-state index < -0.39 is 0 Å². The van der Waals surface area contributed by atoms with Crippen molar-refractivity contribution < 1.29 is 9.21 Å². The van der Waals surface area contributed by atoms with Gasteiger partial charge in [0.15, 0.2) is 0 Å². The van der Waals surface area contributed by atoms with E-state index in [1.807, 2.05) is 0 Å².